The number of aliphatic hydroxyl groups is 1. The van der Waals surface area contributed by atoms with E-state index in [1.165, 1.54) is 16.7 Å². The van der Waals surface area contributed by atoms with Gasteiger partial charge in [-0.2, -0.15) is 0 Å². The molecule has 4 aliphatic carbocycles. The van der Waals surface area contributed by atoms with Crippen LogP contribution in [-0.4, -0.2) is 35.5 Å². The van der Waals surface area contributed by atoms with Gasteiger partial charge in [-0.1, -0.05) is 52.7 Å². The first-order chi connectivity index (χ1) is 21.3. The number of fused-ring (bicyclic) bond motifs is 6. The fraction of sp³-hybridized carbons (Fsp3) is 0.595. The number of nitrogen functional groups attached to an aromatic ring is 1. The highest BCUT2D eigenvalue weighted by Gasteiger charge is 2.58. The second-order valence-corrected chi connectivity index (χ2v) is 15.4. The molecule has 0 heterocycles. The average Bonchev–Trinajstić information content (AvgIpc) is 3.00. The summed E-state index contributed by atoms with van der Waals surface area (Å²) in [7, 11) is 0. The Hall–Kier alpha value is -3.23. The molecule has 0 spiro atoms. The lowest BCUT2D eigenvalue weighted by atomic mass is 9.49. The number of aliphatic hydroxyl groups excluding tert-OH is 1. The molecule has 8 heteroatoms. The van der Waals surface area contributed by atoms with Crippen molar-refractivity contribution < 1.29 is 19.5 Å². The van der Waals surface area contributed by atoms with Crippen molar-refractivity contribution in [2.75, 3.05) is 17.7 Å². The van der Waals surface area contributed by atoms with Gasteiger partial charge < -0.3 is 21.9 Å². The quantitative estimate of drug-likeness (QED) is 0.239. The topological polar surface area (TPSA) is 148 Å². The van der Waals surface area contributed by atoms with Crippen molar-refractivity contribution in [2.45, 2.75) is 109 Å². The lowest BCUT2D eigenvalue weighted by molar-refractivity contribution is -0.150. The Kier molecular flexibility index (Phi) is 7.92. The molecule has 0 saturated heterocycles. The molecule has 3 amide bonds. The summed E-state index contributed by atoms with van der Waals surface area (Å²) >= 11 is 0. The largest absolute Gasteiger partial charge is 0.399 e. The smallest absolute Gasteiger partial charge is 0.243 e. The normalized spacial score (nSPS) is 34.3. The SMILES string of the molecule is C[C@]1(C(=O)NC(=O)[C@@]2(C)CCC[C@]3(C)c4cc(NC(=O)[C@@H](N)CO)ccc4CC[C@@H]23)CCC[C@]2(C)c3cc(N)ccc3CC[C@@H]12. The van der Waals surface area contributed by atoms with Crippen molar-refractivity contribution in [1.82, 2.24) is 5.32 Å². The molecule has 45 heavy (non-hydrogen) atoms. The number of anilines is 2. The summed E-state index contributed by atoms with van der Waals surface area (Å²) in [5.74, 6) is -0.554. The highest BCUT2D eigenvalue weighted by molar-refractivity contribution is 6.01. The zero-order valence-corrected chi connectivity index (χ0v) is 27.3. The number of hydrogen-bond acceptors (Lipinski definition) is 6. The number of nitrogens with two attached hydrogens (primary N) is 2. The van der Waals surface area contributed by atoms with Crippen LogP contribution in [0.3, 0.4) is 0 Å². The fourth-order valence-electron chi connectivity index (χ4n) is 10.3. The van der Waals surface area contributed by atoms with Crippen LogP contribution >= 0.6 is 0 Å². The van der Waals surface area contributed by atoms with Gasteiger partial charge in [0.25, 0.3) is 0 Å². The van der Waals surface area contributed by atoms with Crippen molar-refractivity contribution in [3.63, 3.8) is 0 Å². The third-order valence-corrected chi connectivity index (χ3v) is 12.8. The minimum Gasteiger partial charge on any atom is -0.399 e. The van der Waals surface area contributed by atoms with Gasteiger partial charge in [0.05, 0.1) is 17.4 Å². The minimum atomic E-state index is -0.992. The standard InChI is InChI=1S/C37H50N4O4/c1-34-15-5-17-36(3,29(34)13-9-22-7-11-24(38)19-26(22)34)32(44)41-33(45)37(4)18-6-16-35(2)27-20-25(40-31(43)28(39)21-42)12-8-23(27)10-14-30(35)37/h7-8,11-12,19-20,28-30,42H,5-6,9-10,13-18,21,38-39H2,1-4H3,(H,40,43)(H,41,44,45)/t28-,29+,30+,34+,35+,36-,37-/m0/s1. The first-order valence-electron chi connectivity index (χ1n) is 16.8. The summed E-state index contributed by atoms with van der Waals surface area (Å²) in [6, 6.07) is 11.2. The number of amides is 3. The Morgan fingerprint density at radius 2 is 1.33 bits per heavy atom. The maximum absolute atomic E-state index is 14.4. The minimum absolute atomic E-state index is 0.0404. The van der Waals surface area contributed by atoms with Crippen molar-refractivity contribution in [2.24, 2.45) is 28.4 Å². The molecule has 6 rings (SSSR count). The van der Waals surface area contributed by atoms with Crippen molar-refractivity contribution >= 4 is 29.1 Å². The molecule has 0 aromatic heterocycles. The summed E-state index contributed by atoms with van der Waals surface area (Å²) in [4.78, 5) is 41.1. The number of hydrogen-bond donors (Lipinski definition) is 5. The van der Waals surface area contributed by atoms with Crippen LogP contribution in [0.1, 0.15) is 101 Å². The monoisotopic (exact) mass is 614 g/mol. The molecular formula is C37H50N4O4. The molecule has 8 nitrogen and oxygen atoms in total. The van der Waals surface area contributed by atoms with Crippen LogP contribution in [0.15, 0.2) is 36.4 Å². The maximum atomic E-state index is 14.4. The van der Waals surface area contributed by atoms with Crippen molar-refractivity contribution in [3.8, 4) is 0 Å². The number of benzene rings is 2. The van der Waals surface area contributed by atoms with E-state index < -0.39 is 29.4 Å². The highest BCUT2D eigenvalue weighted by atomic mass is 16.3. The van der Waals surface area contributed by atoms with Crippen LogP contribution < -0.4 is 22.1 Å². The summed E-state index contributed by atoms with van der Waals surface area (Å²) in [6.07, 6.45) is 8.75. The molecule has 0 bridgehead atoms. The van der Waals surface area contributed by atoms with Crippen LogP contribution in [0.25, 0.3) is 0 Å². The first kappa shape index (κ1) is 31.7. The van der Waals surface area contributed by atoms with Crippen LogP contribution in [-0.2, 0) is 38.1 Å². The predicted molar refractivity (Wildman–Crippen MR) is 176 cm³/mol. The molecule has 2 aromatic rings. The molecule has 2 fully saturated rings. The Labute approximate surface area is 267 Å². The molecule has 0 aliphatic heterocycles. The van der Waals surface area contributed by atoms with Crippen LogP contribution in [0.2, 0.25) is 0 Å². The van der Waals surface area contributed by atoms with E-state index in [1.54, 1.807) is 0 Å². The number of rotatable bonds is 5. The zero-order valence-electron chi connectivity index (χ0n) is 27.3. The predicted octanol–water partition coefficient (Wildman–Crippen LogP) is 4.89. The summed E-state index contributed by atoms with van der Waals surface area (Å²) < 4.78 is 0. The lowest BCUT2D eigenvalue weighted by Gasteiger charge is -2.56. The third kappa shape index (κ3) is 4.99. The summed E-state index contributed by atoms with van der Waals surface area (Å²) in [6.45, 7) is 8.25. The van der Waals surface area contributed by atoms with E-state index in [0.717, 1.165) is 75.5 Å². The fourth-order valence-corrected chi connectivity index (χ4v) is 10.3. The van der Waals surface area contributed by atoms with E-state index in [2.05, 4.69) is 56.5 Å². The van der Waals surface area contributed by atoms with Gasteiger partial charge in [0.2, 0.25) is 17.7 Å². The molecule has 0 unspecified atom stereocenters. The molecule has 2 saturated carbocycles. The number of carbonyl (C=O) groups is 3. The lowest BCUT2D eigenvalue weighted by Crippen LogP contribution is -2.60. The van der Waals surface area contributed by atoms with E-state index in [1.807, 2.05) is 18.2 Å². The van der Waals surface area contributed by atoms with Gasteiger partial charge in [0.15, 0.2) is 0 Å². The van der Waals surface area contributed by atoms with Gasteiger partial charge in [-0.05, 0) is 121 Å². The van der Waals surface area contributed by atoms with E-state index in [4.69, 9.17) is 11.5 Å². The number of nitrogens with one attached hydrogen (secondary N) is 2. The van der Waals surface area contributed by atoms with Crippen LogP contribution in [0.5, 0.6) is 0 Å². The van der Waals surface area contributed by atoms with Crippen molar-refractivity contribution in [3.05, 3.63) is 58.7 Å². The van der Waals surface area contributed by atoms with Gasteiger partial charge in [0.1, 0.15) is 6.04 Å². The molecule has 4 aliphatic rings. The highest BCUT2D eigenvalue weighted by Crippen LogP contribution is 2.59. The van der Waals surface area contributed by atoms with E-state index in [-0.39, 0.29) is 34.5 Å². The first-order valence-corrected chi connectivity index (χ1v) is 16.8. The van der Waals surface area contributed by atoms with Gasteiger partial charge in [-0.3, -0.25) is 19.7 Å². The number of aryl methyl sites for hydroxylation is 2. The molecule has 242 valence electrons. The van der Waals surface area contributed by atoms with Crippen LogP contribution in [0.4, 0.5) is 11.4 Å². The van der Waals surface area contributed by atoms with Gasteiger partial charge in [0, 0.05) is 11.4 Å². The Bertz CT molecular complexity index is 1540. The van der Waals surface area contributed by atoms with E-state index >= 15 is 0 Å². The van der Waals surface area contributed by atoms with Crippen molar-refractivity contribution in [1.29, 1.82) is 0 Å². The second-order valence-electron chi connectivity index (χ2n) is 15.4. The van der Waals surface area contributed by atoms with Gasteiger partial charge >= 0.3 is 0 Å². The molecule has 2 aromatic carbocycles. The third-order valence-electron chi connectivity index (χ3n) is 12.8. The Balaban J connectivity index is 1.25. The van der Waals surface area contributed by atoms with Gasteiger partial charge in [-0.25, -0.2) is 0 Å². The zero-order chi connectivity index (χ0) is 32.4. The second kappa shape index (κ2) is 11.2. The summed E-state index contributed by atoms with van der Waals surface area (Å²) in [5.41, 5.74) is 16.5. The van der Waals surface area contributed by atoms with E-state index in [0.29, 0.717) is 5.69 Å². The Morgan fingerprint density at radius 3 is 1.87 bits per heavy atom. The molecule has 7 atom stereocenters. The molecule has 7 N–H and O–H groups in total. The van der Waals surface area contributed by atoms with Gasteiger partial charge in [-0.15, -0.1) is 0 Å². The maximum Gasteiger partial charge on any atom is 0.243 e. The number of carbonyl (C=O) groups excluding carboxylic acids is 3. The average molecular weight is 615 g/mol. The van der Waals surface area contributed by atoms with Crippen LogP contribution in [0, 0.1) is 22.7 Å². The summed E-state index contributed by atoms with van der Waals surface area (Å²) in [5, 5.41) is 15.2. The molecule has 0 radical (unpaired) electrons. The molecular weight excluding hydrogens is 564 g/mol. The van der Waals surface area contributed by atoms with E-state index in [9.17, 15) is 19.5 Å². The number of imide groups is 1. The Morgan fingerprint density at radius 1 is 0.822 bits per heavy atom.